The summed E-state index contributed by atoms with van der Waals surface area (Å²) in [5.41, 5.74) is 6.35. The van der Waals surface area contributed by atoms with Gasteiger partial charge in [-0.3, -0.25) is 0 Å². The maximum Gasteiger partial charge on any atom is 0.213 e. The van der Waals surface area contributed by atoms with Gasteiger partial charge in [-0.15, -0.1) is 0 Å². The van der Waals surface area contributed by atoms with Gasteiger partial charge in [0.2, 0.25) is 5.88 Å². The number of hydrogen-bond donors (Lipinski definition) is 1. The fourth-order valence-corrected chi connectivity index (χ4v) is 0.917. The molecule has 4 heteroatoms. The zero-order valence-electron chi connectivity index (χ0n) is 8.53. The van der Waals surface area contributed by atoms with E-state index in [1.165, 1.54) is 0 Å². The van der Waals surface area contributed by atoms with Crippen molar-refractivity contribution in [3.05, 3.63) is 18.3 Å². The van der Waals surface area contributed by atoms with Crippen molar-refractivity contribution in [2.24, 2.45) is 10.7 Å². The first-order valence-electron chi connectivity index (χ1n) is 4.68. The Balaban J connectivity index is 2.73. The number of hydrogen-bond acceptors (Lipinski definition) is 3. The summed E-state index contributed by atoms with van der Waals surface area (Å²) in [6.45, 7) is 4.50. The highest BCUT2D eigenvalue weighted by atomic mass is 16.5. The molecule has 0 aliphatic rings. The van der Waals surface area contributed by atoms with Crippen LogP contribution >= 0.6 is 0 Å². The van der Waals surface area contributed by atoms with E-state index in [2.05, 4.69) is 9.98 Å². The van der Waals surface area contributed by atoms with Gasteiger partial charge in [0.05, 0.1) is 24.3 Å². The molecule has 0 aliphatic carbocycles. The van der Waals surface area contributed by atoms with Gasteiger partial charge in [-0.1, -0.05) is 6.92 Å². The smallest absolute Gasteiger partial charge is 0.213 e. The molecule has 1 aromatic rings. The number of pyridine rings is 1. The molecule has 0 bridgehead atoms. The van der Waals surface area contributed by atoms with Crippen LogP contribution in [0.2, 0.25) is 0 Å². The van der Waals surface area contributed by atoms with Crippen LogP contribution in [-0.2, 0) is 0 Å². The lowest BCUT2D eigenvalue weighted by Gasteiger charge is -2.01. The molecule has 0 unspecified atom stereocenters. The molecule has 0 fully saturated rings. The molecular weight excluding hydrogens is 178 g/mol. The van der Waals surface area contributed by atoms with E-state index in [4.69, 9.17) is 10.5 Å². The van der Waals surface area contributed by atoms with Crippen LogP contribution in [0.15, 0.2) is 23.3 Å². The van der Waals surface area contributed by atoms with Gasteiger partial charge in [0.25, 0.3) is 0 Å². The van der Waals surface area contributed by atoms with Gasteiger partial charge in [-0.05, 0) is 13.0 Å². The predicted molar refractivity (Wildman–Crippen MR) is 57.0 cm³/mol. The highest BCUT2D eigenvalue weighted by molar-refractivity contribution is 5.82. The molecule has 0 atom stereocenters. The summed E-state index contributed by atoms with van der Waals surface area (Å²) < 4.78 is 5.20. The molecule has 14 heavy (non-hydrogen) atoms. The summed E-state index contributed by atoms with van der Waals surface area (Å²) in [6.07, 6.45) is 2.39. The van der Waals surface area contributed by atoms with Crippen molar-refractivity contribution in [2.75, 3.05) is 6.61 Å². The number of aliphatic imine (C=N–C) groups is 1. The molecule has 2 N–H and O–H groups in total. The van der Waals surface area contributed by atoms with Crippen LogP contribution in [0.25, 0.3) is 0 Å². The molecule has 0 spiro atoms. The maximum atomic E-state index is 5.59. The summed E-state index contributed by atoms with van der Waals surface area (Å²) in [4.78, 5) is 8.23. The van der Waals surface area contributed by atoms with Crippen molar-refractivity contribution in [3.63, 3.8) is 0 Å². The van der Waals surface area contributed by atoms with E-state index >= 15 is 0 Å². The monoisotopic (exact) mass is 193 g/mol. The Morgan fingerprint density at radius 3 is 2.79 bits per heavy atom. The minimum Gasteiger partial charge on any atom is -0.478 e. The van der Waals surface area contributed by atoms with Crippen LogP contribution in [0, 0.1) is 0 Å². The van der Waals surface area contributed by atoms with Crippen LogP contribution in [0.1, 0.15) is 20.3 Å². The Bertz CT molecular complexity index is 306. The SMILES string of the molecule is CCOc1ccc(N=C(N)CC)cn1. The van der Waals surface area contributed by atoms with E-state index in [1.54, 1.807) is 12.3 Å². The summed E-state index contributed by atoms with van der Waals surface area (Å²) in [5, 5.41) is 0. The molecule has 0 radical (unpaired) electrons. The van der Waals surface area contributed by atoms with E-state index in [9.17, 15) is 0 Å². The molecule has 0 saturated heterocycles. The van der Waals surface area contributed by atoms with Crippen molar-refractivity contribution < 1.29 is 4.74 Å². The third-order valence-corrected chi connectivity index (χ3v) is 1.65. The number of nitrogens with zero attached hydrogens (tertiary/aromatic N) is 2. The minimum absolute atomic E-state index is 0.607. The highest BCUT2D eigenvalue weighted by Crippen LogP contribution is 2.14. The fraction of sp³-hybridized carbons (Fsp3) is 0.400. The molecule has 1 aromatic heterocycles. The molecule has 0 amide bonds. The number of rotatable bonds is 4. The van der Waals surface area contributed by atoms with E-state index in [0.29, 0.717) is 18.3 Å². The topological polar surface area (TPSA) is 60.5 Å². The molecule has 0 aromatic carbocycles. The predicted octanol–water partition coefficient (Wildman–Crippen LogP) is 1.88. The standard InChI is InChI=1S/C10H15N3O/c1-3-9(11)13-8-5-6-10(12-7-8)14-4-2/h5-7H,3-4H2,1-2H3,(H2,11,13). The van der Waals surface area contributed by atoms with E-state index < -0.39 is 0 Å². The third kappa shape index (κ3) is 3.05. The summed E-state index contributed by atoms with van der Waals surface area (Å²) in [5.74, 6) is 1.22. The van der Waals surface area contributed by atoms with Crippen LogP contribution in [0.4, 0.5) is 5.69 Å². The Morgan fingerprint density at radius 2 is 2.29 bits per heavy atom. The normalized spacial score (nSPS) is 11.4. The van der Waals surface area contributed by atoms with E-state index in [-0.39, 0.29) is 0 Å². The second-order valence-electron chi connectivity index (χ2n) is 2.74. The van der Waals surface area contributed by atoms with Crippen LogP contribution in [0.5, 0.6) is 5.88 Å². The van der Waals surface area contributed by atoms with Crippen molar-refractivity contribution in [1.29, 1.82) is 0 Å². The lowest BCUT2D eigenvalue weighted by molar-refractivity contribution is 0.327. The average Bonchev–Trinajstić information content (AvgIpc) is 2.21. The number of ether oxygens (including phenoxy) is 1. The number of aromatic nitrogens is 1. The first-order valence-corrected chi connectivity index (χ1v) is 4.68. The molecular formula is C10H15N3O. The van der Waals surface area contributed by atoms with Crippen LogP contribution < -0.4 is 10.5 Å². The molecule has 76 valence electrons. The quantitative estimate of drug-likeness (QED) is 0.586. The average molecular weight is 193 g/mol. The molecule has 1 heterocycles. The molecule has 0 saturated carbocycles. The van der Waals surface area contributed by atoms with Crippen molar-refractivity contribution >= 4 is 11.5 Å². The second-order valence-corrected chi connectivity index (χ2v) is 2.74. The van der Waals surface area contributed by atoms with Crippen molar-refractivity contribution in [1.82, 2.24) is 4.98 Å². The van der Waals surface area contributed by atoms with Crippen LogP contribution in [-0.4, -0.2) is 17.4 Å². The largest absolute Gasteiger partial charge is 0.478 e. The summed E-state index contributed by atoms with van der Waals surface area (Å²) >= 11 is 0. The first kappa shape index (κ1) is 10.5. The Hall–Kier alpha value is -1.58. The van der Waals surface area contributed by atoms with Gasteiger partial charge >= 0.3 is 0 Å². The van der Waals surface area contributed by atoms with Gasteiger partial charge in [0.1, 0.15) is 0 Å². The zero-order valence-corrected chi connectivity index (χ0v) is 8.53. The lowest BCUT2D eigenvalue weighted by atomic mass is 10.4. The third-order valence-electron chi connectivity index (χ3n) is 1.65. The van der Waals surface area contributed by atoms with Crippen molar-refractivity contribution in [2.45, 2.75) is 20.3 Å². The highest BCUT2D eigenvalue weighted by Gasteiger charge is 1.94. The minimum atomic E-state index is 0.607. The van der Waals surface area contributed by atoms with Gasteiger partial charge in [-0.2, -0.15) is 0 Å². The molecule has 1 rings (SSSR count). The summed E-state index contributed by atoms with van der Waals surface area (Å²) in [7, 11) is 0. The van der Waals surface area contributed by atoms with Gasteiger partial charge in [0, 0.05) is 12.5 Å². The molecule has 4 nitrogen and oxygen atoms in total. The fourth-order valence-electron chi connectivity index (χ4n) is 0.917. The number of nitrogens with two attached hydrogens (primary N) is 1. The summed E-state index contributed by atoms with van der Waals surface area (Å²) in [6, 6.07) is 3.62. The maximum absolute atomic E-state index is 5.59. The second kappa shape index (κ2) is 5.21. The van der Waals surface area contributed by atoms with Crippen LogP contribution in [0.3, 0.4) is 0 Å². The molecule has 0 aliphatic heterocycles. The lowest BCUT2D eigenvalue weighted by Crippen LogP contribution is -2.08. The van der Waals surface area contributed by atoms with Crippen molar-refractivity contribution in [3.8, 4) is 5.88 Å². The first-order chi connectivity index (χ1) is 6.76. The Morgan fingerprint density at radius 1 is 1.50 bits per heavy atom. The Labute approximate surface area is 83.8 Å². The number of amidine groups is 1. The Kier molecular flexibility index (Phi) is 3.91. The van der Waals surface area contributed by atoms with E-state index in [0.717, 1.165) is 12.1 Å². The zero-order chi connectivity index (χ0) is 10.4. The van der Waals surface area contributed by atoms with Gasteiger partial charge < -0.3 is 10.5 Å². The van der Waals surface area contributed by atoms with Gasteiger partial charge in [-0.25, -0.2) is 9.98 Å². The van der Waals surface area contributed by atoms with E-state index in [1.807, 2.05) is 19.9 Å². The van der Waals surface area contributed by atoms with Gasteiger partial charge in [0.15, 0.2) is 0 Å².